The first-order valence-electron chi connectivity index (χ1n) is 6.65. The van der Waals surface area contributed by atoms with Crippen LogP contribution in [0.15, 0.2) is 24.3 Å². The van der Waals surface area contributed by atoms with Crippen LogP contribution in [0.5, 0.6) is 0 Å². The molecule has 0 aromatic heterocycles. The fraction of sp³-hybridized carbons (Fsp3) is 0.533. The number of nitrogens with one attached hydrogen (secondary N) is 1. The summed E-state index contributed by atoms with van der Waals surface area (Å²) >= 11 is 0. The molecule has 19 heavy (non-hydrogen) atoms. The molecule has 4 heteroatoms. The third-order valence-corrected chi connectivity index (χ3v) is 2.94. The van der Waals surface area contributed by atoms with Gasteiger partial charge in [0.15, 0.2) is 0 Å². The minimum atomic E-state index is 0.00622. The molecule has 4 nitrogen and oxygen atoms in total. The van der Waals surface area contributed by atoms with Gasteiger partial charge in [-0.15, -0.1) is 0 Å². The lowest BCUT2D eigenvalue weighted by atomic mass is 10.2. The zero-order valence-electron chi connectivity index (χ0n) is 12.7. The number of carbonyl (C=O) groups is 1. The molecule has 0 heterocycles. The number of rotatable bonds is 6. The Morgan fingerprint density at radius 3 is 2.21 bits per heavy atom. The van der Waals surface area contributed by atoms with Crippen LogP contribution in [0.3, 0.4) is 0 Å². The van der Waals surface area contributed by atoms with Crippen LogP contribution in [-0.4, -0.2) is 58.7 Å². The first-order valence-corrected chi connectivity index (χ1v) is 6.65. The molecule has 0 atom stereocenters. The van der Waals surface area contributed by atoms with Crippen LogP contribution < -0.4 is 10.2 Å². The third kappa shape index (κ3) is 5.75. The van der Waals surface area contributed by atoms with Gasteiger partial charge in [-0.05, 0) is 24.3 Å². The normalized spacial score (nSPS) is 11.2. The Bertz CT molecular complexity index is 404. The highest BCUT2D eigenvalue weighted by molar-refractivity contribution is 5.94. The molecular weight excluding hydrogens is 238 g/mol. The summed E-state index contributed by atoms with van der Waals surface area (Å²) in [4.78, 5) is 13.9. The average molecular weight is 264 g/mol. The van der Waals surface area contributed by atoms with Gasteiger partial charge in [-0.2, -0.15) is 0 Å². The number of anilines is 1. The Kier molecular flexibility index (Phi) is 5.36. The van der Waals surface area contributed by atoms with E-state index in [1.54, 1.807) is 0 Å². The van der Waals surface area contributed by atoms with Crippen molar-refractivity contribution in [2.75, 3.05) is 53.2 Å². The van der Waals surface area contributed by atoms with Gasteiger partial charge in [0.2, 0.25) is 0 Å². The predicted molar refractivity (Wildman–Crippen MR) is 80.6 cm³/mol. The van der Waals surface area contributed by atoms with Crippen molar-refractivity contribution in [3.8, 4) is 0 Å². The van der Waals surface area contributed by atoms with Gasteiger partial charge in [0.1, 0.15) is 0 Å². The van der Waals surface area contributed by atoms with E-state index in [9.17, 15) is 4.79 Å². The van der Waals surface area contributed by atoms with E-state index in [0.29, 0.717) is 0 Å². The van der Waals surface area contributed by atoms with Gasteiger partial charge in [-0.25, -0.2) is 0 Å². The minimum Gasteiger partial charge on any atom is -0.378 e. The Morgan fingerprint density at radius 1 is 1.16 bits per heavy atom. The summed E-state index contributed by atoms with van der Waals surface area (Å²) in [5.41, 5.74) is 1.82. The third-order valence-electron chi connectivity index (χ3n) is 2.94. The second-order valence-electron chi connectivity index (χ2n) is 6.06. The lowest BCUT2D eigenvalue weighted by molar-refractivity contribution is -0.870. The molecule has 0 aliphatic carbocycles. The maximum absolute atomic E-state index is 11.9. The quantitative estimate of drug-likeness (QED) is 0.625. The summed E-state index contributed by atoms with van der Waals surface area (Å²) in [5.74, 6) is 0.00622. The molecule has 0 aliphatic rings. The molecule has 0 saturated carbocycles. The predicted octanol–water partition coefficient (Wildman–Crippen LogP) is 1.58. The number of carbonyl (C=O) groups excluding carboxylic acids is 1. The lowest BCUT2D eigenvalue weighted by Gasteiger charge is -2.23. The number of nitrogens with zero attached hydrogens (tertiary/aromatic N) is 2. The van der Waals surface area contributed by atoms with E-state index in [1.807, 2.05) is 43.3 Å². The molecule has 0 saturated heterocycles. The maximum atomic E-state index is 11.9. The molecule has 0 bridgehead atoms. The minimum absolute atomic E-state index is 0.00622. The monoisotopic (exact) mass is 264 g/mol. The summed E-state index contributed by atoms with van der Waals surface area (Å²) in [5, 5.41) is 2.96. The number of hydrogen-bond donors (Lipinski definition) is 1. The maximum Gasteiger partial charge on any atom is 0.251 e. The first kappa shape index (κ1) is 15.5. The van der Waals surface area contributed by atoms with E-state index in [1.165, 1.54) is 0 Å². The van der Waals surface area contributed by atoms with E-state index in [4.69, 9.17) is 0 Å². The SMILES string of the molecule is CN(C)c1ccc(C(=O)NCCC[N+](C)(C)C)cc1. The standard InChI is InChI=1S/C15H25N3O/c1-17(2)14-9-7-13(8-10-14)15(19)16-11-6-12-18(3,4)5/h7-10H,6,11-12H2,1-5H3/p+1. The summed E-state index contributed by atoms with van der Waals surface area (Å²) in [6, 6.07) is 7.65. The van der Waals surface area contributed by atoms with E-state index in [2.05, 4.69) is 26.5 Å². The highest BCUT2D eigenvalue weighted by Crippen LogP contribution is 2.11. The van der Waals surface area contributed by atoms with Crippen molar-refractivity contribution in [2.45, 2.75) is 6.42 Å². The van der Waals surface area contributed by atoms with Crippen LogP contribution >= 0.6 is 0 Å². The van der Waals surface area contributed by atoms with Gasteiger partial charge in [0.05, 0.1) is 27.7 Å². The van der Waals surface area contributed by atoms with E-state index in [-0.39, 0.29) is 5.91 Å². The van der Waals surface area contributed by atoms with Gasteiger partial charge in [0.25, 0.3) is 5.91 Å². The number of amides is 1. The van der Waals surface area contributed by atoms with Crippen molar-refractivity contribution in [1.82, 2.24) is 5.32 Å². The molecule has 0 radical (unpaired) electrons. The van der Waals surface area contributed by atoms with Crippen LogP contribution in [0.4, 0.5) is 5.69 Å². The molecule has 0 unspecified atom stereocenters. The molecule has 1 aromatic rings. The number of hydrogen-bond acceptors (Lipinski definition) is 2. The van der Waals surface area contributed by atoms with E-state index < -0.39 is 0 Å². The second kappa shape index (κ2) is 6.57. The van der Waals surface area contributed by atoms with Crippen molar-refractivity contribution in [1.29, 1.82) is 0 Å². The zero-order chi connectivity index (χ0) is 14.5. The smallest absolute Gasteiger partial charge is 0.251 e. The van der Waals surface area contributed by atoms with Crippen LogP contribution in [-0.2, 0) is 0 Å². The molecule has 1 N–H and O–H groups in total. The Morgan fingerprint density at radius 2 is 1.74 bits per heavy atom. The highest BCUT2D eigenvalue weighted by atomic mass is 16.1. The largest absolute Gasteiger partial charge is 0.378 e. The van der Waals surface area contributed by atoms with Gasteiger partial charge >= 0.3 is 0 Å². The lowest BCUT2D eigenvalue weighted by Crippen LogP contribution is -2.37. The van der Waals surface area contributed by atoms with E-state index >= 15 is 0 Å². The van der Waals surface area contributed by atoms with Gasteiger partial charge in [-0.3, -0.25) is 4.79 Å². The number of benzene rings is 1. The topological polar surface area (TPSA) is 32.3 Å². The van der Waals surface area contributed by atoms with Crippen molar-refractivity contribution in [3.05, 3.63) is 29.8 Å². The van der Waals surface area contributed by atoms with Crippen molar-refractivity contribution in [3.63, 3.8) is 0 Å². The van der Waals surface area contributed by atoms with Crippen molar-refractivity contribution >= 4 is 11.6 Å². The van der Waals surface area contributed by atoms with E-state index in [0.717, 1.165) is 35.2 Å². The van der Waals surface area contributed by atoms with Crippen LogP contribution in [0, 0.1) is 0 Å². The molecule has 0 spiro atoms. The molecule has 0 fully saturated rings. The second-order valence-corrected chi connectivity index (χ2v) is 6.06. The Labute approximate surface area is 116 Å². The van der Waals surface area contributed by atoms with Crippen LogP contribution in [0.25, 0.3) is 0 Å². The fourth-order valence-electron chi connectivity index (χ4n) is 1.77. The molecular formula is C15H26N3O+. The molecule has 0 aliphatic heterocycles. The summed E-state index contributed by atoms with van der Waals surface area (Å²) in [6.45, 7) is 1.78. The Balaban J connectivity index is 2.41. The fourth-order valence-corrected chi connectivity index (χ4v) is 1.77. The number of quaternary nitrogens is 1. The van der Waals surface area contributed by atoms with Gasteiger partial charge < -0.3 is 14.7 Å². The highest BCUT2D eigenvalue weighted by Gasteiger charge is 2.08. The summed E-state index contributed by atoms with van der Waals surface area (Å²) in [6.07, 6.45) is 0.991. The van der Waals surface area contributed by atoms with Crippen molar-refractivity contribution in [2.24, 2.45) is 0 Å². The molecule has 106 valence electrons. The van der Waals surface area contributed by atoms with Gasteiger partial charge in [-0.1, -0.05) is 0 Å². The summed E-state index contributed by atoms with van der Waals surface area (Å²) < 4.78 is 0.924. The Hall–Kier alpha value is -1.55. The first-order chi connectivity index (χ1) is 8.79. The van der Waals surface area contributed by atoms with Crippen LogP contribution in [0.2, 0.25) is 0 Å². The summed E-state index contributed by atoms with van der Waals surface area (Å²) in [7, 11) is 10.4. The molecule has 1 amide bonds. The van der Waals surface area contributed by atoms with Crippen molar-refractivity contribution < 1.29 is 9.28 Å². The molecule has 1 aromatic carbocycles. The molecule has 1 rings (SSSR count). The average Bonchev–Trinajstić information content (AvgIpc) is 2.33. The van der Waals surface area contributed by atoms with Crippen LogP contribution in [0.1, 0.15) is 16.8 Å². The zero-order valence-corrected chi connectivity index (χ0v) is 12.7. The van der Waals surface area contributed by atoms with Gasteiger partial charge in [0, 0.05) is 38.3 Å².